The first-order valence-electron chi connectivity index (χ1n) is 10.6. The van der Waals surface area contributed by atoms with Crippen LogP contribution in [-0.4, -0.2) is 21.0 Å². The van der Waals surface area contributed by atoms with Crippen molar-refractivity contribution in [1.29, 1.82) is 0 Å². The Morgan fingerprint density at radius 1 is 1.00 bits per heavy atom. The standard InChI is InChI=1S/C23H43NOSi/c1-8-9-17-22(24-20(2)21-15-11-10-12-16-21)18-13-14-19-25-26(6,7)23(3,4)5/h10-12,15-16,20,22,24H,8-9,13-14,17-19H2,1-7H3/t20-,22-/m0/s1. The van der Waals surface area contributed by atoms with E-state index in [1.165, 1.54) is 44.1 Å². The maximum absolute atomic E-state index is 6.33. The highest BCUT2D eigenvalue weighted by atomic mass is 28.4. The second kappa shape index (κ2) is 11.3. The van der Waals surface area contributed by atoms with E-state index < -0.39 is 8.32 Å². The van der Waals surface area contributed by atoms with E-state index in [-0.39, 0.29) is 0 Å². The molecule has 0 unspecified atom stereocenters. The topological polar surface area (TPSA) is 21.3 Å². The number of hydrogen-bond acceptors (Lipinski definition) is 2. The molecule has 0 bridgehead atoms. The summed E-state index contributed by atoms with van der Waals surface area (Å²) in [6.45, 7) is 17.1. The predicted molar refractivity (Wildman–Crippen MR) is 118 cm³/mol. The molecule has 26 heavy (non-hydrogen) atoms. The van der Waals surface area contributed by atoms with E-state index >= 15 is 0 Å². The van der Waals surface area contributed by atoms with Crippen molar-refractivity contribution in [3.05, 3.63) is 35.9 Å². The molecule has 0 aromatic heterocycles. The molecule has 1 aromatic rings. The van der Waals surface area contributed by atoms with E-state index in [1.54, 1.807) is 0 Å². The van der Waals surface area contributed by atoms with Crippen LogP contribution in [-0.2, 0) is 4.43 Å². The average Bonchev–Trinajstić information content (AvgIpc) is 2.58. The first-order valence-corrected chi connectivity index (χ1v) is 13.5. The van der Waals surface area contributed by atoms with Crippen molar-refractivity contribution >= 4 is 8.32 Å². The Bertz CT molecular complexity index is 481. The summed E-state index contributed by atoms with van der Waals surface area (Å²) in [4.78, 5) is 0. The second-order valence-corrected chi connectivity index (χ2v) is 14.1. The summed E-state index contributed by atoms with van der Waals surface area (Å²) < 4.78 is 6.33. The third kappa shape index (κ3) is 8.37. The lowest BCUT2D eigenvalue weighted by Crippen LogP contribution is -2.41. The van der Waals surface area contributed by atoms with Gasteiger partial charge in [-0.3, -0.25) is 0 Å². The summed E-state index contributed by atoms with van der Waals surface area (Å²) in [6.07, 6.45) is 7.52. The third-order valence-corrected chi connectivity index (χ3v) is 10.4. The minimum atomic E-state index is -1.59. The Morgan fingerprint density at radius 3 is 2.19 bits per heavy atom. The highest BCUT2D eigenvalue weighted by Crippen LogP contribution is 2.36. The van der Waals surface area contributed by atoms with Crippen molar-refractivity contribution in [3.63, 3.8) is 0 Å². The minimum absolute atomic E-state index is 0.309. The molecule has 2 atom stereocenters. The van der Waals surface area contributed by atoms with Gasteiger partial charge in [0.05, 0.1) is 0 Å². The number of benzene rings is 1. The van der Waals surface area contributed by atoms with E-state index in [9.17, 15) is 0 Å². The van der Waals surface area contributed by atoms with Gasteiger partial charge in [0, 0.05) is 18.7 Å². The first kappa shape index (κ1) is 23.4. The zero-order chi connectivity index (χ0) is 19.6. The molecule has 0 amide bonds. The highest BCUT2D eigenvalue weighted by Gasteiger charge is 2.36. The Kier molecular flexibility index (Phi) is 10.1. The van der Waals surface area contributed by atoms with Crippen LogP contribution in [0.5, 0.6) is 0 Å². The van der Waals surface area contributed by atoms with Gasteiger partial charge in [0.25, 0.3) is 0 Å². The molecule has 0 spiro atoms. The Labute approximate surface area is 164 Å². The van der Waals surface area contributed by atoms with Crippen molar-refractivity contribution in [2.75, 3.05) is 6.61 Å². The van der Waals surface area contributed by atoms with Crippen molar-refractivity contribution < 1.29 is 4.43 Å². The first-order chi connectivity index (χ1) is 12.2. The van der Waals surface area contributed by atoms with Gasteiger partial charge < -0.3 is 9.74 Å². The van der Waals surface area contributed by atoms with Crippen LogP contribution >= 0.6 is 0 Å². The van der Waals surface area contributed by atoms with Gasteiger partial charge in [-0.2, -0.15) is 0 Å². The Morgan fingerprint density at radius 2 is 1.62 bits per heavy atom. The summed E-state index contributed by atoms with van der Waals surface area (Å²) >= 11 is 0. The number of unbranched alkanes of at least 4 members (excludes halogenated alkanes) is 2. The smallest absolute Gasteiger partial charge is 0.191 e. The van der Waals surface area contributed by atoms with Gasteiger partial charge in [0.1, 0.15) is 0 Å². The molecule has 0 aliphatic heterocycles. The molecule has 0 saturated heterocycles. The van der Waals surface area contributed by atoms with Crippen molar-refractivity contribution in [2.24, 2.45) is 0 Å². The van der Waals surface area contributed by atoms with Gasteiger partial charge in [-0.05, 0) is 56.3 Å². The lowest BCUT2D eigenvalue weighted by Gasteiger charge is -2.36. The molecular formula is C23H43NOSi. The molecule has 0 saturated carbocycles. The lowest BCUT2D eigenvalue weighted by atomic mass is 10.0. The van der Waals surface area contributed by atoms with Gasteiger partial charge in [-0.15, -0.1) is 0 Å². The molecular weight excluding hydrogens is 334 g/mol. The normalized spacial score (nSPS) is 15.0. The molecule has 0 heterocycles. The van der Waals surface area contributed by atoms with E-state index in [0.29, 0.717) is 17.1 Å². The van der Waals surface area contributed by atoms with E-state index in [0.717, 1.165) is 6.61 Å². The van der Waals surface area contributed by atoms with Gasteiger partial charge in [-0.25, -0.2) is 0 Å². The fourth-order valence-electron chi connectivity index (χ4n) is 2.99. The zero-order valence-corrected chi connectivity index (χ0v) is 19.4. The molecule has 0 fully saturated rings. The number of hydrogen-bond donors (Lipinski definition) is 1. The molecule has 0 aliphatic rings. The van der Waals surface area contributed by atoms with Crippen molar-refractivity contribution in [3.8, 4) is 0 Å². The van der Waals surface area contributed by atoms with Crippen LogP contribution in [0.15, 0.2) is 30.3 Å². The fraction of sp³-hybridized carbons (Fsp3) is 0.739. The lowest BCUT2D eigenvalue weighted by molar-refractivity contribution is 0.272. The van der Waals surface area contributed by atoms with Crippen LogP contribution in [0.3, 0.4) is 0 Å². The quantitative estimate of drug-likeness (QED) is 0.310. The van der Waals surface area contributed by atoms with Crippen molar-refractivity contribution in [2.45, 2.75) is 103 Å². The zero-order valence-electron chi connectivity index (χ0n) is 18.4. The monoisotopic (exact) mass is 377 g/mol. The van der Waals surface area contributed by atoms with Gasteiger partial charge in [-0.1, -0.05) is 70.9 Å². The van der Waals surface area contributed by atoms with Gasteiger partial charge >= 0.3 is 0 Å². The van der Waals surface area contributed by atoms with Crippen LogP contribution in [0.1, 0.15) is 84.7 Å². The summed E-state index contributed by atoms with van der Waals surface area (Å²) in [5.41, 5.74) is 1.38. The van der Waals surface area contributed by atoms with Crippen LogP contribution in [0, 0.1) is 0 Å². The largest absolute Gasteiger partial charge is 0.417 e. The molecule has 0 radical (unpaired) electrons. The summed E-state index contributed by atoms with van der Waals surface area (Å²) in [6, 6.07) is 11.8. The molecule has 0 aliphatic carbocycles. The van der Waals surface area contributed by atoms with Crippen molar-refractivity contribution in [1.82, 2.24) is 5.32 Å². The molecule has 1 aromatic carbocycles. The fourth-order valence-corrected chi connectivity index (χ4v) is 4.08. The molecule has 1 rings (SSSR count). The molecule has 2 nitrogen and oxygen atoms in total. The molecule has 3 heteroatoms. The average molecular weight is 378 g/mol. The summed E-state index contributed by atoms with van der Waals surface area (Å²) in [7, 11) is -1.59. The maximum atomic E-state index is 6.33. The van der Waals surface area contributed by atoms with Crippen LogP contribution in [0.4, 0.5) is 0 Å². The minimum Gasteiger partial charge on any atom is -0.417 e. The van der Waals surface area contributed by atoms with Gasteiger partial charge in [0.2, 0.25) is 0 Å². The summed E-state index contributed by atoms with van der Waals surface area (Å²) in [5.74, 6) is 0. The molecule has 1 N–H and O–H groups in total. The van der Waals surface area contributed by atoms with Gasteiger partial charge in [0.15, 0.2) is 8.32 Å². The van der Waals surface area contributed by atoms with Crippen LogP contribution in [0.25, 0.3) is 0 Å². The second-order valence-electron chi connectivity index (χ2n) is 9.24. The maximum Gasteiger partial charge on any atom is 0.191 e. The number of nitrogens with one attached hydrogen (secondary N) is 1. The predicted octanol–water partition coefficient (Wildman–Crippen LogP) is 7.09. The number of rotatable bonds is 12. The Balaban J connectivity index is 2.40. The van der Waals surface area contributed by atoms with E-state index in [1.807, 2.05) is 0 Å². The van der Waals surface area contributed by atoms with Crippen LogP contribution < -0.4 is 5.32 Å². The SMILES string of the molecule is CCCC[C@@H](CCCCO[Si](C)(C)C(C)(C)C)N[C@@H](C)c1ccccc1. The van der Waals surface area contributed by atoms with E-state index in [2.05, 4.69) is 83.4 Å². The van der Waals surface area contributed by atoms with Crippen LogP contribution in [0.2, 0.25) is 18.1 Å². The Hall–Kier alpha value is -0.643. The molecule has 150 valence electrons. The van der Waals surface area contributed by atoms with E-state index in [4.69, 9.17) is 4.43 Å². The summed E-state index contributed by atoms with van der Waals surface area (Å²) in [5, 5.41) is 4.18. The third-order valence-electron chi connectivity index (χ3n) is 5.91. The highest BCUT2D eigenvalue weighted by molar-refractivity contribution is 6.74.